The minimum atomic E-state index is 0.654. The van der Waals surface area contributed by atoms with Gasteiger partial charge in [-0.25, -0.2) is 0 Å². The van der Waals surface area contributed by atoms with Crippen LogP contribution in [0.3, 0.4) is 0 Å². The predicted molar refractivity (Wildman–Crippen MR) is 229 cm³/mol. The molecule has 0 atom stereocenters. The van der Waals surface area contributed by atoms with Crippen LogP contribution in [0.1, 0.15) is 12.5 Å². The Bertz CT molecular complexity index is 3460. The van der Waals surface area contributed by atoms with Crippen LogP contribution in [0.4, 0.5) is 0 Å². The van der Waals surface area contributed by atoms with Gasteiger partial charge >= 0.3 is 0 Å². The van der Waals surface area contributed by atoms with E-state index in [1.807, 2.05) is 18.2 Å². The van der Waals surface area contributed by atoms with E-state index in [0.29, 0.717) is 5.42 Å². The third-order valence-corrected chi connectivity index (χ3v) is 11.1. The van der Waals surface area contributed by atoms with Gasteiger partial charge in [0.15, 0.2) is 0 Å². The molecule has 0 radical (unpaired) electrons. The third-order valence-electron chi connectivity index (χ3n) is 11.1. The summed E-state index contributed by atoms with van der Waals surface area (Å²) in [7, 11) is 0. The Labute approximate surface area is 316 Å². The molecule has 0 spiro atoms. The lowest BCUT2D eigenvalue weighted by Crippen LogP contribution is -2.17. The van der Waals surface area contributed by atoms with Gasteiger partial charge in [0.2, 0.25) is 5.71 Å². The standard InChI is InChI=1S/C51H34N2O2/c1-32(23-26-39-33(2)54-51-50(39)42-19-7-10-21-46(42)53(51)37-14-4-3-5-15-37)34-13-12-16-38(29-34)52-45-20-9-6-17-40(45)43-30-35(24-27-47(43)52)36-25-28-49-44(31-36)41-18-8-11-22-48(41)55-49/h3-31H,2H2,1H3/b32-23+,39-26+. The van der Waals surface area contributed by atoms with E-state index in [1.165, 1.54) is 32.9 Å². The van der Waals surface area contributed by atoms with E-state index in [1.54, 1.807) is 0 Å². The number of allylic oxidation sites excluding steroid dienone is 2. The molecule has 4 heteroatoms. The smallest absolute Gasteiger partial charge is 0.213 e. The van der Waals surface area contributed by atoms with E-state index in [-0.39, 0.29) is 0 Å². The molecule has 11 rings (SSSR count). The molecule has 0 aliphatic heterocycles. The van der Waals surface area contributed by atoms with Gasteiger partial charge in [0.25, 0.3) is 0 Å². The quantitative estimate of drug-likeness (QED) is 0.179. The Kier molecular flexibility index (Phi) is 6.89. The van der Waals surface area contributed by atoms with Crippen LogP contribution in [0.2, 0.25) is 0 Å². The van der Waals surface area contributed by atoms with E-state index >= 15 is 0 Å². The Morgan fingerprint density at radius 1 is 0.509 bits per heavy atom. The van der Waals surface area contributed by atoms with Crippen LogP contribution in [0.5, 0.6) is 0 Å². The molecule has 4 aromatic heterocycles. The normalized spacial score (nSPS) is 12.7. The fourth-order valence-electron chi connectivity index (χ4n) is 8.43. The van der Waals surface area contributed by atoms with Gasteiger partial charge in [-0.1, -0.05) is 116 Å². The highest BCUT2D eigenvalue weighted by molar-refractivity contribution is 6.12. The van der Waals surface area contributed by atoms with Gasteiger partial charge < -0.3 is 13.4 Å². The largest absolute Gasteiger partial charge is 0.456 e. The van der Waals surface area contributed by atoms with Crippen molar-refractivity contribution < 1.29 is 8.83 Å². The third kappa shape index (κ3) is 4.85. The molecule has 55 heavy (non-hydrogen) atoms. The SMILES string of the molecule is C=c1oc2c(/c1=C/C=C(\C)c1cccc(-n3c4ccccc4c4cc(-c5ccc6oc7ccccc7c6c5)ccc43)c1)c1ccccc1n2-c1ccccc1. The zero-order chi connectivity index (χ0) is 36.6. The first-order valence-electron chi connectivity index (χ1n) is 18.6. The van der Waals surface area contributed by atoms with E-state index in [2.05, 4.69) is 180 Å². The molecule has 0 bridgehead atoms. The number of benzene rings is 7. The molecule has 11 aromatic rings. The summed E-state index contributed by atoms with van der Waals surface area (Å²) in [5.41, 5.74) is 13.5. The molecule has 0 N–H and O–H groups in total. The molecule has 260 valence electrons. The molecule has 0 amide bonds. The lowest BCUT2D eigenvalue weighted by molar-refractivity contribution is 0.560. The van der Waals surface area contributed by atoms with Gasteiger partial charge in [0.1, 0.15) is 16.6 Å². The molecular formula is C51H34N2O2. The van der Waals surface area contributed by atoms with Crippen LogP contribution in [0.25, 0.3) is 106 Å². The summed E-state index contributed by atoms with van der Waals surface area (Å²) in [5.74, 6) is 0. The zero-order valence-electron chi connectivity index (χ0n) is 30.2. The average molecular weight is 707 g/mol. The van der Waals surface area contributed by atoms with Crippen molar-refractivity contribution in [2.75, 3.05) is 0 Å². The minimum absolute atomic E-state index is 0.654. The molecule has 4 heterocycles. The fourth-order valence-corrected chi connectivity index (χ4v) is 8.43. The van der Waals surface area contributed by atoms with Crippen LogP contribution in [-0.4, -0.2) is 9.13 Å². The summed E-state index contributed by atoms with van der Waals surface area (Å²) in [4.78, 5) is 0. The molecule has 0 aliphatic rings. The topological polar surface area (TPSA) is 36.1 Å². The Hall–Kier alpha value is -7.30. The van der Waals surface area contributed by atoms with E-state index in [4.69, 9.17) is 8.83 Å². The van der Waals surface area contributed by atoms with Crippen LogP contribution in [-0.2, 0) is 0 Å². The number of nitrogens with zero attached hydrogens (tertiary/aromatic N) is 2. The molecule has 4 nitrogen and oxygen atoms in total. The number of fused-ring (bicyclic) bond motifs is 9. The second-order valence-electron chi connectivity index (χ2n) is 14.3. The van der Waals surface area contributed by atoms with E-state index < -0.39 is 0 Å². The predicted octanol–water partition coefficient (Wildman–Crippen LogP) is 12.3. The van der Waals surface area contributed by atoms with Crippen molar-refractivity contribution in [2.45, 2.75) is 6.92 Å². The van der Waals surface area contributed by atoms with Crippen molar-refractivity contribution in [3.8, 4) is 22.5 Å². The fraction of sp³-hybridized carbons (Fsp3) is 0.0196. The maximum atomic E-state index is 6.41. The summed E-state index contributed by atoms with van der Waals surface area (Å²) in [6.45, 7) is 6.50. The van der Waals surface area contributed by atoms with Crippen LogP contribution in [0.15, 0.2) is 179 Å². The van der Waals surface area contributed by atoms with Crippen molar-refractivity contribution in [1.82, 2.24) is 9.13 Å². The Balaban J connectivity index is 1.01. The van der Waals surface area contributed by atoms with E-state index in [9.17, 15) is 0 Å². The van der Waals surface area contributed by atoms with Crippen LogP contribution < -0.4 is 10.6 Å². The number of rotatable bonds is 5. The number of hydrogen-bond donors (Lipinski definition) is 0. The first-order valence-corrected chi connectivity index (χ1v) is 18.6. The zero-order valence-corrected chi connectivity index (χ0v) is 30.2. The highest BCUT2D eigenvalue weighted by Crippen LogP contribution is 2.38. The maximum absolute atomic E-state index is 6.41. The molecule has 0 saturated heterocycles. The van der Waals surface area contributed by atoms with Crippen molar-refractivity contribution in [1.29, 1.82) is 0 Å². The van der Waals surface area contributed by atoms with Gasteiger partial charge in [-0.05, 0) is 95.9 Å². The molecular weight excluding hydrogens is 673 g/mol. The monoisotopic (exact) mass is 706 g/mol. The van der Waals surface area contributed by atoms with Gasteiger partial charge in [0, 0.05) is 43.5 Å². The number of aromatic nitrogens is 2. The Morgan fingerprint density at radius 2 is 1.15 bits per heavy atom. The lowest BCUT2D eigenvalue weighted by atomic mass is 10.0. The van der Waals surface area contributed by atoms with Crippen molar-refractivity contribution >= 4 is 84.0 Å². The summed E-state index contributed by atoms with van der Waals surface area (Å²) >= 11 is 0. The lowest BCUT2D eigenvalue weighted by Gasteiger charge is -2.11. The average Bonchev–Trinajstić information content (AvgIpc) is 3.96. The van der Waals surface area contributed by atoms with Gasteiger partial charge in [-0.3, -0.25) is 4.57 Å². The molecule has 0 unspecified atom stereocenters. The second-order valence-corrected chi connectivity index (χ2v) is 14.3. The molecule has 0 aliphatic carbocycles. The summed E-state index contributed by atoms with van der Waals surface area (Å²) in [5, 5.41) is 7.93. The van der Waals surface area contributed by atoms with Crippen LogP contribution >= 0.6 is 0 Å². The number of hydrogen-bond acceptors (Lipinski definition) is 2. The highest BCUT2D eigenvalue weighted by atomic mass is 16.3. The van der Waals surface area contributed by atoms with Crippen LogP contribution in [0, 0.1) is 0 Å². The first-order chi connectivity index (χ1) is 27.1. The van der Waals surface area contributed by atoms with Crippen molar-refractivity contribution in [3.05, 3.63) is 186 Å². The van der Waals surface area contributed by atoms with E-state index in [0.717, 1.165) is 71.7 Å². The van der Waals surface area contributed by atoms with Crippen molar-refractivity contribution in [3.63, 3.8) is 0 Å². The number of para-hydroxylation sites is 4. The summed E-state index contributed by atoms with van der Waals surface area (Å²) in [6, 6.07) is 57.9. The molecule has 7 aromatic carbocycles. The summed E-state index contributed by atoms with van der Waals surface area (Å²) < 4.78 is 17.1. The van der Waals surface area contributed by atoms with Crippen molar-refractivity contribution in [2.24, 2.45) is 0 Å². The van der Waals surface area contributed by atoms with Gasteiger partial charge in [0.05, 0.1) is 21.9 Å². The highest BCUT2D eigenvalue weighted by Gasteiger charge is 2.18. The Morgan fingerprint density at radius 3 is 1.98 bits per heavy atom. The minimum Gasteiger partial charge on any atom is -0.456 e. The summed E-state index contributed by atoms with van der Waals surface area (Å²) in [6.07, 6.45) is 4.34. The second kappa shape index (κ2) is 12.1. The van der Waals surface area contributed by atoms with Gasteiger partial charge in [-0.15, -0.1) is 0 Å². The van der Waals surface area contributed by atoms with Gasteiger partial charge in [-0.2, -0.15) is 0 Å². The molecule has 0 saturated carbocycles. The maximum Gasteiger partial charge on any atom is 0.213 e. The molecule has 0 fully saturated rings. The first kappa shape index (κ1) is 31.2. The number of furan rings is 2.